The van der Waals surface area contributed by atoms with Crippen molar-refractivity contribution in [1.29, 1.82) is 0 Å². The van der Waals surface area contributed by atoms with E-state index in [1.165, 1.54) is 0 Å². The van der Waals surface area contributed by atoms with Crippen molar-refractivity contribution in [3.63, 3.8) is 0 Å². The molecule has 1 rings (SSSR count). The Morgan fingerprint density at radius 2 is 2.30 bits per heavy atom. The molecule has 0 unspecified atom stereocenters. The van der Waals surface area contributed by atoms with Gasteiger partial charge in [0, 0.05) is 12.8 Å². The molecule has 1 aliphatic rings. The van der Waals surface area contributed by atoms with Gasteiger partial charge in [0.2, 0.25) is 0 Å². The largest absolute Gasteiger partial charge is 0.303 e. The first-order valence-electron chi connectivity index (χ1n) is 3.14. The zero-order chi connectivity index (χ0) is 7.45. The molecular formula is C7H8N2O. The van der Waals surface area contributed by atoms with Crippen LogP contribution < -0.4 is 0 Å². The number of carbonyl (C=O) groups excluding carboxylic acids is 1. The smallest absolute Gasteiger partial charge is 0.198 e. The molecule has 10 heavy (non-hydrogen) atoms. The van der Waals surface area contributed by atoms with Crippen molar-refractivity contribution in [3.8, 4) is 12.3 Å². The van der Waals surface area contributed by atoms with Crippen LogP contribution in [0.25, 0.3) is 0 Å². The molecule has 3 nitrogen and oxygen atoms in total. The standard InChI is InChI=1S/C7H8N2O/c1-2-3-4-7(5-6-10)8-9-7/h1,6H,3-5H2. The number of terminal acetylenes is 1. The van der Waals surface area contributed by atoms with Crippen molar-refractivity contribution >= 4 is 6.29 Å². The van der Waals surface area contributed by atoms with Gasteiger partial charge in [-0.25, -0.2) is 0 Å². The minimum absolute atomic E-state index is 0.384. The van der Waals surface area contributed by atoms with Crippen LogP contribution in [0.5, 0.6) is 0 Å². The Balaban J connectivity index is 2.25. The minimum atomic E-state index is -0.409. The van der Waals surface area contributed by atoms with E-state index in [4.69, 9.17) is 6.42 Å². The van der Waals surface area contributed by atoms with Gasteiger partial charge in [-0.3, -0.25) is 0 Å². The second-order valence-corrected chi connectivity index (χ2v) is 2.26. The lowest BCUT2D eigenvalue weighted by Gasteiger charge is -2.00. The topological polar surface area (TPSA) is 41.8 Å². The van der Waals surface area contributed by atoms with Crippen LogP contribution in [0, 0.1) is 12.3 Å². The molecule has 0 amide bonds. The molecule has 0 fully saturated rings. The maximum Gasteiger partial charge on any atom is 0.198 e. The number of aldehydes is 1. The Labute approximate surface area is 59.5 Å². The molecule has 3 heteroatoms. The van der Waals surface area contributed by atoms with Crippen LogP contribution in [-0.2, 0) is 4.79 Å². The van der Waals surface area contributed by atoms with Gasteiger partial charge in [0.15, 0.2) is 5.66 Å². The van der Waals surface area contributed by atoms with Gasteiger partial charge >= 0.3 is 0 Å². The summed E-state index contributed by atoms with van der Waals surface area (Å²) in [7, 11) is 0. The molecule has 0 atom stereocenters. The first-order chi connectivity index (χ1) is 4.83. The van der Waals surface area contributed by atoms with Crippen LogP contribution in [0.2, 0.25) is 0 Å². The molecule has 0 saturated carbocycles. The molecule has 0 bridgehead atoms. The minimum Gasteiger partial charge on any atom is -0.303 e. The number of carbonyl (C=O) groups is 1. The van der Waals surface area contributed by atoms with Gasteiger partial charge in [-0.15, -0.1) is 12.3 Å². The average molecular weight is 136 g/mol. The van der Waals surface area contributed by atoms with Crippen molar-refractivity contribution in [2.45, 2.75) is 24.9 Å². The van der Waals surface area contributed by atoms with Crippen LogP contribution in [0.15, 0.2) is 10.2 Å². The first kappa shape index (κ1) is 6.94. The summed E-state index contributed by atoms with van der Waals surface area (Å²) in [6.45, 7) is 0. The molecule has 0 aromatic carbocycles. The van der Waals surface area contributed by atoms with Crippen LogP contribution in [0.1, 0.15) is 19.3 Å². The van der Waals surface area contributed by atoms with Gasteiger partial charge in [-0.05, 0) is 0 Å². The average Bonchev–Trinajstić information content (AvgIpc) is 2.67. The first-order valence-corrected chi connectivity index (χ1v) is 3.14. The fourth-order valence-corrected chi connectivity index (χ4v) is 0.760. The van der Waals surface area contributed by atoms with Crippen LogP contribution >= 0.6 is 0 Å². The quantitative estimate of drug-likeness (QED) is 0.422. The number of nitrogens with zero attached hydrogens (tertiary/aromatic N) is 2. The Kier molecular flexibility index (Phi) is 1.81. The van der Waals surface area contributed by atoms with Gasteiger partial charge in [0.1, 0.15) is 6.29 Å². The molecule has 0 radical (unpaired) electrons. The molecule has 52 valence electrons. The fraction of sp³-hybridized carbons (Fsp3) is 0.571. The second kappa shape index (κ2) is 2.61. The third-order valence-electron chi connectivity index (χ3n) is 1.46. The summed E-state index contributed by atoms with van der Waals surface area (Å²) in [5, 5.41) is 7.52. The maximum absolute atomic E-state index is 10.1. The lowest BCUT2D eigenvalue weighted by Crippen LogP contribution is -2.10. The summed E-state index contributed by atoms with van der Waals surface area (Å²) in [4.78, 5) is 10.1. The summed E-state index contributed by atoms with van der Waals surface area (Å²) in [6.07, 6.45) is 7.60. The lowest BCUT2D eigenvalue weighted by molar-refractivity contribution is -0.108. The van der Waals surface area contributed by atoms with Gasteiger partial charge in [-0.1, -0.05) is 0 Å². The predicted molar refractivity (Wildman–Crippen MR) is 36.3 cm³/mol. The Hall–Kier alpha value is -1.17. The summed E-state index contributed by atoms with van der Waals surface area (Å²) in [5.41, 5.74) is -0.409. The van der Waals surface area contributed by atoms with E-state index in [0.29, 0.717) is 19.3 Å². The molecule has 0 saturated heterocycles. The van der Waals surface area contributed by atoms with Crippen LogP contribution in [0.3, 0.4) is 0 Å². The number of rotatable bonds is 4. The van der Waals surface area contributed by atoms with Gasteiger partial charge in [0.05, 0.1) is 6.42 Å². The molecule has 0 aromatic heterocycles. The molecule has 0 N–H and O–H groups in total. The third-order valence-corrected chi connectivity index (χ3v) is 1.46. The van der Waals surface area contributed by atoms with Crippen LogP contribution in [0.4, 0.5) is 0 Å². The van der Waals surface area contributed by atoms with E-state index in [2.05, 4.69) is 16.1 Å². The lowest BCUT2D eigenvalue weighted by atomic mass is 10.1. The number of hydrogen-bond acceptors (Lipinski definition) is 3. The van der Waals surface area contributed by atoms with E-state index >= 15 is 0 Å². The fourth-order valence-electron chi connectivity index (χ4n) is 0.760. The Bertz CT molecular complexity index is 196. The van der Waals surface area contributed by atoms with Crippen molar-refractivity contribution in [2.24, 2.45) is 10.2 Å². The van der Waals surface area contributed by atoms with Crippen LogP contribution in [-0.4, -0.2) is 11.9 Å². The highest BCUT2D eigenvalue weighted by Gasteiger charge is 2.38. The Morgan fingerprint density at radius 1 is 1.60 bits per heavy atom. The summed E-state index contributed by atoms with van der Waals surface area (Å²) in [5.74, 6) is 2.49. The second-order valence-electron chi connectivity index (χ2n) is 2.26. The van der Waals surface area contributed by atoms with Crippen molar-refractivity contribution < 1.29 is 4.79 Å². The van der Waals surface area contributed by atoms with Gasteiger partial charge in [0.25, 0.3) is 0 Å². The summed E-state index contributed by atoms with van der Waals surface area (Å²) < 4.78 is 0. The van der Waals surface area contributed by atoms with Crippen molar-refractivity contribution in [2.75, 3.05) is 0 Å². The normalized spacial score (nSPS) is 17.9. The maximum atomic E-state index is 10.1. The van der Waals surface area contributed by atoms with E-state index in [9.17, 15) is 4.79 Å². The molecule has 0 spiro atoms. The van der Waals surface area contributed by atoms with Gasteiger partial charge < -0.3 is 4.79 Å². The molecular weight excluding hydrogens is 128 g/mol. The number of hydrogen-bond donors (Lipinski definition) is 0. The molecule has 0 aromatic rings. The zero-order valence-electron chi connectivity index (χ0n) is 5.58. The van der Waals surface area contributed by atoms with E-state index < -0.39 is 5.66 Å². The van der Waals surface area contributed by atoms with E-state index in [1.54, 1.807) is 0 Å². The predicted octanol–water partition coefficient (Wildman–Crippen LogP) is 1.15. The monoisotopic (exact) mass is 136 g/mol. The highest BCUT2D eigenvalue weighted by Crippen LogP contribution is 2.35. The van der Waals surface area contributed by atoms with Crippen molar-refractivity contribution in [1.82, 2.24) is 0 Å². The van der Waals surface area contributed by atoms with Crippen molar-refractivity contribution in [3.05, 3.63) is 0 Å². The van der Waals surface area contributed by atoms with Gasteiger partial charge in [-0.2, -0.15) is 10.2 Å². The van der Waals surface area contributed by atoms with E-state index in [0.717, 1.165) is 6.29 Å². The van der Waals surface area contributed by atoms with E-state index in [-0.39, 0.29) is 0 Å². The van der Waals surface area contributed by atoms with E-state index in [1.807, 2.05) is 0 Å². The highest BCUT2D eigenvalue weighted by atomic mass is 16.1. The Morgan fingerprint density at radius 3 is 2.70 bits per heavy atom. The summed E-state index contributed by atoms with van der Waals surface area (Å²) in [6, 6.07) is 0. The molecule has 1 heterocycles. The SMILES string of the molecule is C#CCCC1(CC=O)N=N1. The zero-order valence-corrected chi connectivity index (χ0v) is 5.58. The third kappa shape index (κ3) is 1.41. The summed E-state index contributed by atoms with van der Waals surface area (Å²) >= 11 is 0. The molecule has 1 aliphatic heterocycles. The highest BCUT2D eigenvalue weighted by molar-refractivity contribution is 5.52. The molecule has 0 aliphatic carbocycles.